The van der Waals surface area contributed by atoms with E-state index in [0.717, 1.165) is 17.7 Å². The van der Waals surface area contributed by atoms with Gasteiger partial charge >= 0.3 is 0 Å². The van der Waals surface area contributed by atoms with E-state index >= 15 is 0 Å². The minimum absolute atomic E-state index is 0.319. The molecule has 0 amide bonds. The number of aliphatic imine (C=N–C) groups is 1. The van der Waals surface area contributed by atoms with Crippen LogP contribution in [0.2, 0.25) is 0 Å². The highest BCUT2D eigenvalue weighted by molar-refractivity contribution is 5.78. The average Bonchev–Trinajstić information content (AvgIpc) is 2.81. The molecule has 82 valence electrons. The van der Waals surface area contributed by atoms with Crippen molar-refractivity contribution >= 4 is 11.9 Å². The number of furan rings is 1. The lowest BCUT2D eigenvalue weighted by atomic mass is 10.1. The van der Waals surface area contributed by atoms with Crippen LogP contribution in [-0.4, -0.2) is 11.3 Å². The molecule has 2 aromatic rings. The highest BCUT2D eigenvalue weighted by atomic mass is 16.3. The molecule has 1 N–H and O–H groups in total. The van der Waals surface area contributed by atoms with Crippen LogP contribution in [0.4, 0.5) is 5.69 Å². The maximum atomic E-state index is 9.52. The minimum Gasteiger partial charge on any atom is -0.508 e. The van der Waals surface area contributed by atoms with Crippen molar-refractivity contribution in [2.45, 2.75) is 13.3 Å². The number of hydrogen-bond acceptors (Lipinski definition) is 3. The molecule has 0 aliphatic rings. The van der Waals surface area contributed by atoms with Gasteiger partial charge in [-0.05, 0) is 42.3 Å². The normalized spacial score (nSPS) is 11.1. The van der Waals surface area contributed by atoms with Gasteiger partial charge in [-0.25, -0.2) is 0 Å². The zero-order valence-electron chi connectivity index (χ0n) is 9.05. The van der Waals surface area contributed by atoms with Crippen LogP contribution in [0.25, 0.3) is 0 Å². The standard InChI is InChI=1S/C13H13NO2/c1-2-10-8-11(5-6-13(10)15)14-9-12-4-3-7-16-12/h3-9,15H,2H2,1H3. The van der Waals surface area contributed by atoms with E-state index < -0.39 is 0 Å². The second-order valence-electron chi connectivity index (χ2n) is 3.44. The summed E-state index contributed by atoms with van der Waals surface area (Å²) >= 11 is 0. The van der Waals surface area contributed by atoms with Crippen molar-refractivity contribution < 1.29 is 9.52 Å². The van der Waals surface area contributed by atoms with Crippen molar-refractivity contribution in [1.29, 1.82) is 0 Å². The highest BCUT2D eigenvalue weighted by Crippen LogP contribution is 2.23. The Labute approximate surface area is 94.1 Å². The van der Waals surface area contributed by atoms with E-state index in [2.05, 4.69) is 4.99 Å². The number of hydrogen-bond donors (Lipinski definition) is 1. The van der Waals surface area contributed by atoms with E-state index in [1.54, 1.807) is 24.6 Å². The molecule has 0 aliphatic heterocycles. The van der Waals surface area contributed by atoms with Crippen LogP contribution in [-0.2, 0) is 6.42 Å². The minimum atomic E-state index is 0.319. The smallest absolute Gasteiger partial charge is 0.144 e. The Morgan fingerprint density at radius 2 is 2.25 bits per heavy atom. The third-order valence-electron chi connectivity index (χ3n) is 2.33. The number of benzene rings is 1. The van der Waals surface area contributed by atoms with Crippen LogP contribution in [0.15, 0.2) is 46.0 Å². The summed E-state index contributed by atoms with van der Waals surface area (Å²) in [4.78, 5) is 4.27. The van der Waals surface area contributed by atoms with E-state index in [4.69, 9.17) is 4.42 Å². The molecular weight excluding hydrogens is 202 g/mol. The number of nitrogens with zero attached hydrogens (tertiary/aromatic N) is 1. The predicted molar refractivity (Wildman–Crippen MR) is 63.4 cm³/mol. The third-order valence-corrected chi connectivity index (χ3v) is 2.33. The van der Waals surface area contributed by atoms with E-state index in [1.807, 2.05) is 25.1 Å². The van der Waals surface area contributed by atoms with Gasteiger partial charge in [-0.1, -0.05) is 6.92 Å². The summed E-state index contributed by atoms with van der Waals surface area (Å²) in [6.07, 6.45) is 4.05. The van der Waals surface area contributed by atoms with Gasteiger partial charge in [0.05, 0.1) is 18.2 Å². The molecular formula is C13H13NO2. The Kier molecular flexibility index (Phi) is 3.05. The maximum Gasteiger partial charge on any atom is 0.144 e. The zero-order valence-corrected chi connectivity index (χ0v) is 9.05. The molecule has 3 heteroatoms. The average molecular weight is 215 g/mol. The predicted octanol–water partition coefficient (Wildman–Crippen LogP) is 3.30. The monoisotopic (exact) mass is 215 g/mol. The number of phenolic OH excluding ortho intramolecular Hbond substituents is 1. The fourth-order valence-electron chi connectivity index (χ4n) is 1.44. The molecule has 1 aromatic carbocycles. The second-order valence-corrected chi connectivity index (χ2v) is 3.44. The van der Waals surface area contributed by atoms with Crippen molar-refractivity contribution in [1.82, 2.24) is 0 Å². The molecule has 16 heavy (non-hydrogen) atoms. The number of rotatable bonds is 3. The summed E-state index contributed by atoms with van der Waals surface area (Å²) in [5.74, 6) is 1.03. The summed E-state index contributed by atoms with van der Waals surface area (Å²) in [5.41, 5.74) is 1.71. The molecule has 1 heterocycles. The van der Waals surface area contributed by atoms with Crippen molar-refractivity contribution in [3.8, 4) is 5.75 Å². The molecule has 0 aliphatic carbocycles. The Balaban J connectivity index is 2.22. The van der Waals surface area contributed by atoms with Crippen LogP contribution in [0.3, 0.4) is 0 Å². The molecule has 0 saturated carbocycles. The molecule has 0 bridgehead atoms. The van der Waals surface area contributed by atoms with Gasteiger partial charge in [0.2, 0.25) is 0 Å². The summed E-state index contributed by atoms with van der Waals surface area (Å²) in [7, 11) is 0. The van der Waals surface area contributed by atoms with Crippen LogP contribution in [0.1, 0.15) is 18.2 Å². The fraction of sp³-hybridized carbons (Fsp3) is 0.154. The maximum absolute atomic E-state index is 9.52. The first-order chi connectivity index (χ1) is 7.79. The van der Waals surface area contributed by atoms with Gasteiger partial charge in [-0.15, -0.1) is 0 Å². The summed E-state index contributed by atoms with van der Waals surface area (Å²) in [6, 6.07) is 8.96. The van der Waals surface area contributed by atoms with E-state index in [-0.39, 0.29) is 0 Å². The Morgan fingerprint density at radius 3 is 2.94 bits per heavy atom. The molecule has 2 rings (SSSR count). The highest BCUT2D eigenvalue weighted by Gasteiger charge is 1.99. The van der Waals surface area contributed by atoms with Crippen molar-refractivity contribution in [2.75, 3.05) is 0 Å². The first-order valence-corrected chi connectivity index (χ1v) is 5.19. The number of phenols is 1. The van der Waals surface area contributed by atoms with Crippen LogP contribution < -0.4 is 0 Å². The van der Waals surface area contributed by atoms with Crippen molar-refractivity contribution in [3.63, 3.8) is 0 Å². The lowest BCUT2D eigenvalue weighted by molar-refractivity contribution is 0.469. The largest absolute Gasteiger partial charge is 0.508 e. The summed E-state index contributed by atoms with van der Waals surface area (Å²) in [6.45, 7) is 2.00. The van der Waals surface area contributed by atoms with E-state index in [9.17, 15) is 5.11 Å². The quantitative estimate of drug-likeness (QED) is 0.798. The Bertz CT molecular complexity index is 487. The molecule has 0 saturated heterocycles. The topological polar surface area (TPSA) is 45.7 Å². The molecule has 0 atom stereocenters. The molecule has 0 radical (unpaired) electrons. The van der Waals surface area contributed by atoms with Crippen molar-refractivity contribution in [2.24, 2.45) is 4.99 Å². The van der Waals surface area contributed by atoms with Gasteiger partial charge < -0.3 is 9.52 Å². The lowest BCUT2D eigenvalue weighted by Crippen LogP contribution is -1.81. The van der Waals surface area contributed by atoms with E-state index in [0.29, 0.717) is 11.5 Å². The molecule has 3 nitrogen and oxygen atoms in total. The van der Waals surface area contributed by atoms with Crippen LogP contribution in [0.5, 0.6) is 5.75 Å². The first-order valence-electron chi connectivity index (χ1n) is 5.19. The van der Waals surface area contributed by atoms with Crippen LogP contribution in [0, 0.1) is 0 Å². The molecule has 0 spiro atoms. The van der Waals surface area contributed by atoms with E-state index in [1.165, 1.54) is 0 Å². The number of aryl methyl sites for hydroxylation is 1. The van der Waals surface area contributed by atoms with Crippen molar-refractivity contribution in [3.05, 3.63) is 47.9 Å². The fourth-order valence-corrected chi connectivity index (χ4v) is 1.44. The molecule has 1 aromatic heterocycles. The SMILES string of the molecule is CCc1cc(N=Cc2ccco2)ccc1O. The van der Waals surface area contributed by atoms with Gasteiger partial charge in [0, 0.05) is 0 Å². The van der Waals surface area contributed by atoms with Gasteiger partial charge in [-0.2, -0.15) is 0 Å². The summed E-state index contributed by atoms with van der Waals surface area (Å²) in [5, 5.41) is 9.52. The first kappa shape index (κ1) is 10.5. The van der Waals surface area contributed by atoms with Gasteiger partial charge in [0.25, 0.3) is 0 Å². The Morgan fingerprint density at radius 1 is 1.38 bits per heavy atom. The van der Waals surface area contributed by atoms with Gasteiger partial charge in [0.1, 0.15) is 11.5 Å². The Hall–Kier alpha value is -2.03. The van der Waals surface area contributed by atoms with Gasteiger partial charge in [-0.3, -0.25) is 4.99 Å². The number of aromatic hydroxyl groups is 1. The van der Waals surface area contributed by atoms with Crippen LogP contribution >= 0.6 is 0 Å². The molecule has 0 fully saturated rings. The lowest BCUT2D eigenvalue weighted by Gasteiger charge is -2.01. The van der Waals surface area contributed by atoms with Gasteiger partial charge in [0.15, 0.2) is 0 Å². The third kappa shape index (κ3) is 2.31. The molecule has 0 unspecified atom stereocenters. The second kappa shape index (κ2) is 4.66. The summed E-state index contributed by atoms with van der Waals surface area (Å²) < 4.78 is 5.14. The zero-order chi connectivity index (χ0) is 11.4.